The molecule has 0 aliphatic carbocycles. The SMILES string of the molecule is CCCCC1CC(NC(=O)Nc2cc(CC(N)=O)c(F)cc2F)CCN1Cc1ccc(Oc2ccc(S(C)(=O)=O)cc2Cl)nc1. The number of sulfone groups is 1. The molecule has 2 atom stereocenters. The molecule has 45 heavy (non-hydrogen) atoms. The highest BCUT2D eigenvalue weighted by atomic mass is 35.5. The summed E-state index contributed by atoms with van der Waals surface area (Å²) in [6, 6.07) is 8.96. The Morgan fingerprint density at radius 1 is 1.16 bits per heavy atom. The van der Waals surface area contributed by atoms with Crippen molar-refractivity contribution >= 4 is 39.1 Å². The standard InChI is InChI=1S/C31H36ClF2N5O5S/c1-3-4-5-22-14-21(37-31(41)38-27-12-20(13-29(35)40)25(33)16-26(27)34)10-11-39(22)18-19-6-9-30(36-17-19)44-28-8-7-23(15-24(28)32)45(2,42)43/h6-9,12,15-17,21-22H,3-5,10-11,13-14,18H2,1-2H3,(H2,35,40)(H2,37,38,41). The fourth-order valence-electron chi connectivity index (χ4n) is 5.24. The maximum Gasteiger partial charge on any atom is 0.319 e. The summed E-state index contributed by atoms with van der Waals surface area (Å²) in [5, 5.41) is 5.49. The summed E-state index contributed by atoms with van der Waals surface area (Å²) >= 11 is 6.22. The van der Waals surface area contributed by atoms with Crippen molar-refractivity contribution in [1.82, 2.24) is 15.2 Å². The topological polar surface area (TPSA) is 144 Å². The van der Waals surface area contributed by atoms with E-state index in [1.165, 1.54) is 18.2 Å². The molecule has 0 spiro atoms. The number of halogens is 3. The third-order valence-electron chi connectivity index (χ3n) is 7.54. The first kappa shape index (κ1) is 34.1. The Morgan fingerprint density at radius 2 is 1.93 bits per heavy atom. The number of rotatable bonds is 12. The summed E-state index contributed by atoms with van der Waals surface area (Å²) in [5.41, 5.74) is 5.76. The van der Waals surface area contributed by atoms with Crippen LogP contribution in [0.2, 0.25) is 5.02 Å². The number of amides is 3. The Hall–Kier alpha value is -3.81. The number of nitrogens with one attached hydrogen (secondary N) is 2. The second-order valence-corrected chi connectivity index (χ2v) is 13.5. The number of likely N-dealkylation sites (tertiary alicyclic amines) is 1. The van der Waals surface area contributed by atoms with Gasteiger partial charge >= 0.3 is 6.03 Å². The molecule has 2 heterocycles. The van der Waals surface area contributed by atoms with Gasteiger partial charge in [-0.2, -0.15) is 0 Å². The van der Waals surface area contributed by atoms with Crippen LogP contribution in [0.25, 0.3) is 0 Å². The van der Waals surface area contributed by atoms with E-state index in [9.17, 15) is 26.8 Å². The normalized spacial score (nSPS) is 17.1. The summed E-state index contributed by atoms with van der Waals surface area (Å²) in [6.45, 7) is 3.45. The van der Waals surface area contributed by atoms with Crippen LogP contribution in [0.3, 0.4) is 0 Å². The first-order valence-corrected chi connectivity index (χ1v) is 16.8. The van der Waals surface area contributed by atoms with Crippen molar-refractivity contribution in [3.8, 4) is 11.6 Å². The van der Waals surface area contributed by atoms with Gasteiger partial charge in [-0.25, -0.2) is 27.0 Å². The maximum absolute atomic E-state index is 14.3. The fraction of sp³-hybridized carbons (Fsp3) is 0.387. The van der Waals surface area contributed by atoms with Gasteiger partial charge < -0.3 is 21.1 Å². The van der Waals surface area contributed by atoms with Crippen molar-refractivity contribution in [2.24, 2.45) is 5.73 Å². The molecule has 1 saturated heterocycles. The van der Waals surface area contributed by atoms with E-state index in [-0.39, 0.29) is 39.0 Å². The number of benzene rings is 2. The molecule has 2 aromatic carbocycles. The van der Waals surface area contributed by atoms with Crippen molar-refractivity contribution in [3.63, 3.8) is 0 Å². The van der Waals surface area contributed by atoms with Crippen molar-refractivity contribution in [2.45, 2.75) is 69.0 Å². The number of primary amides is 1. The number of aromatic nitrogens is 1. The van der Waals surface area contributed by atoms with E-state index in [0.717, 1.165) is 37.1 Å². The Kier molecular flexibility index (Phi) is 11.3. The number of nitrogens with two attached hydrogens (primary N) is 1. The molecular weight excluding hydrogens is 628 g/mol. The van der Waals surface area contributed by atoms with Crippen molar-refractivity contribution in [2.75, 3.05) is 18.1 Å². The van der Waals surface area contributed by atoms with Crippen LogP contribution in [0.4, 0.5) is 19.3 Å². The molecule has 0 saturated carbocycles. The molecule has 4 rings (SSSR count). The van der Waals surface area contributed by atoms with E-state index < -0.39 is 39.8 Å². The van der Waals surface area contributed by atoms with Crippen molar-refractivity contribution < 1.29 is 31.5 Å². The van der Waals surface area contributed by atoms with Crippen LogP contribution in [0, 0.1) is 11.6 Å². The third kappa shape index (κ3) is 9.59. The largest absolute Gasteiger partial charge is 0.437 e. The van der Waals surface area contributed by atoms with E-state index in [1.807, 2.05) is 6.07 Å². The highest BCUT2D eigenvalue weighted by molar-refractivity contribution is 7.90. The van der Waals surface area contributed by atoms with Crippen LogP contribution in [0.1, 0.15) is 50.2 Å². The molecule has 2 unspecified atom stereocenters. The highest BCUT2D eigenvalue weighted by Gasteiger charge is 2.29. The van der Waals surface area contributed by atoms with E-state index in [2.05, 4.69) is 27.4 Å². The van der Waals surface area contributed by atoms with Gasteiger partial charge in [0.1, 0.15) is 17.4 Å². The molecular formula is C31H36ClF2N5O5S. The smallest absolute Gasteiger partial charge is 0.319 e. The van der Waals surface area contributed by atoms with E-state index in [4.69, 9.17) is 22.1 Å². The summed E-state index contributed by atoms with van der Waals surface area (Å²) in [6.07, 6.45) is 6.69. The monoisotopic (exact) mass is 663 g/mol. The van der Waals surface area contributed by atoms with Crippen LogP contribution in [0.15, 0.2) is 53.6 Å². The zero-order valence-corrected chi connectivity index (χ0v) is 26.6. The number of carbonyl (C=O) groups is 2. The average molecular weight is 664 g/mol. The Labute approximate surface area is 266 Å². The number of urea groups is 1. The zero-order valence-electron chi connectivity index (χ0n) is 25.0. The Balaban J connectivity index is 1.35. The van der Waals surface area contributed by atoms with E-state index in [0.29, 0.717) is 37.9 Å². The van der Waals surface area contributed by atoms with Gasteiger partial charge in [0.05, 0.1) is 22.0 Å². The predicted molar refractivity (Wildman–Crippen MR) is 167 cm³/mol. The molecule has 0 radical (unpaired) electrons. The van der Waals surface area contributed by atoms with Gasteiger partial charge in [-0.15, -0.1) is 0 Å². The number of unbranched alkanes of at least 4 members (excludes halogenated alkanes) is 1. The molecule has 4 N–H and O–H groups in total. The highest BCUT2D eigenvalue weighted by Crippen LogP contribution is 2.31. The van der Waals surface area contributed by atoms with E-state index in [1.54, 1.807) is 12.3 Å². The molecule has 14 heteroatoms. The van der Waals surface area contributed by atoms with Gasteiger partial charge in [-0.1, -0.05) is 37.4 Å². The predicted octanol–water partition coefficient (Wildman–Crippen LogP) is 5.58. The second kappa shape index (κ2) is 15.0. The fourth-order valence-corrected chi connectivity index (χ4v) is 6.17. The van der Waals surface area contributed by atoms with Gasteiger partial charge in [-0.3, -0.25) is 9.69 Å². The first-order valence-electron chi connectivity index (χ1n) is 14.5. The lowest BCUT2D eigenvalue weighted by molar-refractivity contribution is -0.117. The van der Waals surface area contributed by atoms with Gasteiger partial charge in [0, 0.05) is 49.8 Å². The number of nitrogens with zero attached hydrogens (tertiary/aromatic N) is 2. The minimum Gasteiger partial charge on any atom is -0.437 e. The maximum atomic E-state index is 14.3. The number of carbonyl (C=O) groups excluding carboxylic acids is 2. The quantitative estimate of drug-likeness (QED) is 0.229. The van der Waals surface area contributed by atoms with Gasteiger partial charge in [-0.05, 0) is 54.7 Å². The summed E-state index contributed by atoms with van der Waals surface area (Å²) < 4.78 is 57.6. The molecule has 3 amide bonds. The molecule has 10 nitrogen and oxygen atoms in total. The minimum absolute atomic E-state index is 0.0952. The second-order valence-electron chi connectivity index (χ2n) is 11.1. The van der Waals surface area contributed by atoms with E-state index >= 15 is 0 Å². The molecule has 1 aromatic heterocycles. The lowest BCUT2D eigenvalue weighted by Crippen LogP contribution is -2.50. The first-order chi connectivity index (χ1) is 21.3. The summed E-state index contributed by atoms with van der Waals surface area (Å²) in [7, 11) is -3.40. The summed E-state index contributed by atoms with van der Waals surface area (Å²) in [4.78, 5) is 30.8. The lowest BCUT2D eigenvalue weighted by atomic mass is 9.93. The lowest BCUT2D eigenvalue weighted by Gasteiger charge is -2.40. The summed E-state index contributed by atoms with van der Waals surface area (Å²) in [5.74, 6) is -2.04. The third-order valence-corrected chi connectivity index (χ3v) is 8.95. The van der Waals surface area contributed by atoms with Gasteiger partial charge in [0.2, 0.25) is 11.8 Å². The molecule has 1 aliphatic rings. The number of anilines is 1. The van der Waals surface area contributed by atoms with Crippen LogP contribution >= 0.6 is 11.6 Å². The average Bonchev–Trinajstić information content (AvgIpc) is 2.96. The van der Waals surface area contributed by atoms with Gasteiger partial charge in [0.15, 0.2) is 9.84 Å². The van der Waals surface area contributed by atoms with Crippen LogP contribution in [-0.2, 0) is 27.6 Å². The number of hydrogen-bond donors (Lipinski definition) is 3. The van der Waals surface area contributed by atoms with Crippen molar-refractivity contribution in [3.05, 3.63) is 76.4 Å². The molecule has 1 fully saturated rings. The van der Waals surface area contributed by atoms with Crippen LogP contribution < -0.4 is 21.1 Å². The van der Waals surface area contributed by atoms with Crippen molar-refractivity contribution in [1.29, 1.82) is 0 Å². The Morgan fingerprint density at radius 3 is 2.58 bits per heavy atom. The number of pyridine rings is 1. The molecule has 3 aromatic rings. The number of ether oxygens (including phenoxy) is 1. The number of hydrogen-bond acceptors (Lipinski definition) is 7. The number of piperidine rings is 1. The van der Waals surface area contributed by atoms with Crippen LogP contribution in [0.5, 0.6) is 11.6 Å². The molecule has 242 valence electrons. The van der Waals surface area contributed by atoms with Gasteiger partial charge in [0.25, 0.3) is 0 Å². The Bertz CT molecular complexity index is 1640. The molecule has 0 bridgehead atoms. The molecule has 1 aliphatic heterocycles. The zero-order chi connectivity index (χ0) is 32.7. The minimum atomic E-state index is -3.40. The van der Waals surface area contributed by atoms with Crippen LogP contribution in [-0.4, -0.2) is 55.1 Å².